The largest absolute Gasteiger partial charge is 0.493 e. The van der Waals surface area contributed by atoms with E-state index in [0.29, 0.717) is 35.0 Å². The van der Waals surface area contributed by atoms with Gasteiger partial charge in [-0.15, -0.1) is 0 Å². The Balaban J connectivity index is 1.86. The van der Waals surface area contributed by atoms with Gasteiger partial charge in [-0.3, -0.25) is 0 Å². The highest BCUT2D eigenvalue weighted by Crippen LogP contribution is 2.37. The Morgan fingerprint density at radius 3 is 2.19 bits per heavy atom. The standard InChI is InChI=1S/C24H18Br2FNO3/c1-29-22-8-5-17(12-23(22)30-2)18(13-28)9-16-10-20(25)24(21(26)11-16)31-14-15-3-6-19(27)7-4-15/h3-12H,14H2,1-2H3/b18-9+. The van der Waals surface area contributed by atoms with E-state index in [0.717, 1.165) is 20.1 Å². The fraction of sp³-hybridized carbons (Fsp3) is 0.125. The van der Waals surface area contributed by atoms with Gasteiger partial charge in [0.1, 0.15) is 18.2 Å². The lowest BCUT2D eigenvalue weighted by molar-refractivity contribution is 0.302. The predicted octanol–water partition coefficient (Wildman–Crippen LogP) is 7.01. The minimum absolute atomic E-state index is 0.287. The van der Waals surface area contributed by atoms with Gasteiger partial charge in [0.25, 0.3) is 0 Å². The van der Waals surface area contributed by atoms with Gasteiger partial charge in [0, 0.05) is 0 Å². The van der Waals surface area contributed by atoms with Gasteiger partial charge in [-0.2, -0.15) is 5.26 Å². The maximum absolute atomic E-state index is 13.1. The molecule has 0 heterocycles. The van der Waals surface area contributed by atoms with E-state index in [1.54, 1.807) is 50.6 Å². The molecule has 0 aromatic heterocycles. The molecular weight excluding hydrogens is 529 g/mol. The van der Waals surface area contributed by atoms with Crippen LogP contribution in [0.25, 0.3) is 11.6 Å². The maximum Gasteiger partial charge on any atom is 0.161 e. The van der Waals surface area contributed by atoms with Gasteiger partial charge in [-0.1, -0.05) is 12.1 Å². The van der Waals surface area contributed by atoms with Crippen LogP contribution in [0.1, 0.15) is 16.7 Å². The van der Waals surface area contributed by atoms with Crippen molar-refractivity contribution in [2.45, 2.75) is 6.61 Å². The van der Waals surface area contributed by atoms with Crippen molar-refractivity contribution in [3.05, 3.63) is 86.1 Å². The lowest BCUT2D eigenvalue weighted by Gasteiger charge is -2.12. The molecule has 3 rings (SSSR count). The summed E-state index contributed by atoms with van der Waals surface area (Å²) in [5.74, 6) is 1.47. The SMILES string of the molecule is COc1ccc(/C(C#N)=C/c2cc(Br)c(OCc3ccc(F)cc3)c(Br)c2)cc1OC. The summed E-state index contributed by atoms with van der Waals surface area (Å²) in [4.78, 5) is 0. The first kappa shape index (κ1) is 22.9. The summed E-state index contributed by atoms with van der Waals surface area (Å²) in [5, 5.41) is 9.69. The fourth-order valence-electron chi connectivity index (χ4n) is 2.89. The van der Waals surface area contributed by atoms with Gasteiger partial charge in [-0.05, 0) is 97.1 Å². The number of methoxy groups -OCH3 is 2. The van der Waals surface area contributed by atoms with Crippen molar-refractivity contribution < 1.29 is 18.6 Å². The fourth-order valence-corrected chi connectivity index (χ4v) is 4.34. The smallest absolute Gasteiger partial charge is 0.161 e. The molecule has 0 aliphatic rings. The lowest BCUT2D eigenvalue weighted by Crippen LogP contribution is -1.97. The Bertz CT molecular complexity index is 1130. The Morgan fingerprint density at radius 2 is 1.61 bits per heavy atom. The number of nitrogens with zero attached hydrogens (tertiary/aromatic N) is 1. The summed E-state index contributed by atoms with van der Waals surface area (Å²) < 4.78 is 31.0. The van der Waals surface area contributed by atoms with Crippen molar-refractivity contribution in [3.8, 4) is 23.3 Å². The molecule has 0 bridgehead atoms. The number of rotatable bonds is 7. The summed E-state index contributed by atoms with van der Waals surface area (Å²) in [6, 6.07) is 17.4. The molecule has 31 heavy (non-hydrogen) atoms. The topological polar surface area (TPSA) is 51.5 Å². The summed E-state index contributed by atoms with van der Waals surface area (Å²) in [5.41, 5.74) is 2.84. The van der Waals surface area contributed by atoms with Crippen LogP contribution < -0.4 is 14.2 Å². The highest BCUT2D eigenvalue weighted by molar-refractivity contribution is 9.11. The summed E-state index contributed by atoms with van der Waals surface area (Å²) in [7, 11) is 3.11. The monoisotopic (exact) mass is 545 g/mol. The Hall–Kier alpha value is -2.82. The van der Waals surface area contributed by atoms with Gasteiger partial charge in [0.05, 0.1) is 34.8 Å². The van der Waals surface area contributed by atoms with Crippen LogP contribution in [0.5, 0.6) is 17.2 Å². The van der Waals surface area contributed by atoms with E-state index in [9.17, 15) is 9.65 Å². The molecule has 0 atom stereocenters. The lowest BCUT2D eigenvalue weighted by atomic mass is 10.0. The molecule has 0 aliphatic heterocycles. The Kier molecular flexibility index (Phi) is 7.72. The van der Waals surface area contributed by atoms with Gasteiger partial charge >= 0.3 is 0 Å². The molecule has 0 saturated heterocycles. The molecule has 0 saturated carbocycles. The van der Waals surface area contributed by atoms with Crippen LogP contribution in [0.4, 0.5) is 4.39 Å². The second kappa shape index (κ2) is 10.5. The second-order valence-corrected chi connectivity index (χ2v) is 8.18. The molecule has 7 heteroatoms. The summed E-state index contributed by atoms with van der Waals surface area (Å²) >= 11 is 7.06. The molecule has 0 unspecified atom stereocenters. The van der Waals surface area contributed by atoms with Crippen LogP contribution in [0.2, 0.25) is 0 Å². The van der Waals surface area contributed by atoms with E-state index < -0.39 is 0 Å². The number of hydrogen-bond acceptors (Lipinski definition) is 4. The van der Waals surface area contributed by atoms with Crippen LogP contribution in [0.3, 0.4) is 0 Å². The third-order valence-electron chi connectivity index (χ3n) is 4.44. The van der Waals surface area contributed by atoms with Crippen LogP contribution in [0.15, 0.2) is 63.5 Å². The number of hydrogen-bond donors (Lipinski definition) is 0. The van der Waals surface area contributed by atoms with E-state index >= 15 is 0 Å². The van der Waals surface area contributed by atoms with Crippen molar-refractivity contribution in [1.29, 1.82) is 5.26 Å². The van der Waals surface area contributed by atoms with E-state index in [-0.39, 0.29) is 5.82 Å². The first-order valence-electron chi connectivity index (χ1n) is 9.15. The van der Waals surface area contributed by atoms with Crippen LogP contribution in [-0.4, -0.2) is 14.2 Å². The molecule has 3 aromatic rings. The predicted molar refractivity (Wildman–Crippen MR) is 126 cm³/mol. The van der Waals surface area contributed by atoms with Crippen molar-refractivity contribution in [2.75, 3.05) is 14.2 Å². The molecular formula is C24H18Br2FNO3. The zero-order chi connectivity index (χ0) is 22.4. The molecule has 3 aromatic carbocycles. The molecule has 0 amide bonds. The highest BCUT2D eigenvalue weighted by atomic mass is 79.9. The van der Waals surface area contributed by atoms with E-state index in [2.05, 4.69) is 37.9 Å². The molecule has 0 fully saturated rings. The third kappa shape index (κ3) is 5.66. The number of nitriles is 1. The minimum Gasteiger partial charge on any atom is -0.493 e. The van der Waals surface area contributed by atoms with Crippen molar-refractivity contribution >= 4 is 43.5 Å². The first-order chi connectivity index (χ1) is 14.9. The molecule has 0 spiro atoms. The minimum atomic E-state index is -0.287. The zero-order valence-corrected chi connectivity index (χ0v) is 20.0. The van der Waals surface area contributed by atoms with E-state index in [1.807, 2.05) is 12.1 Å². The van der Waals surface area contributed by atoms with E-state index in [4.69, 9.17) is 14.2 Å². The summed E-state index contributed by atoms with van der Waals surface area (Å²) in [6.45, 7) is 0.293. The van der Waals surface area contributed by atoms with Crippen LogP contribution in [0, 0.1) is 17.1 Å². The third-order valence-corrected chi connectivity index (χ3v) is 5.62. The first-order valence-corrected chi connectivity index (χ1v) is 10.7. The average Bonchev–Trinajstić information content (AvgIpc) is 2.77. The number of ether oxygens (including phenoxy) is 3. The quantitative estimate of drug-likeness (QED) is 0.236. The van der Waals surface area contributed by atoms with Crippen molar-refractivity contribution in [1.82, 2.24) is 0 Å². The van der Waals surface area contributed by atoms with E-state index in [1.165, 1.54) is 12.1 Å². The molecule has 0 N–H and O–H groups in total. The molecule has 158 valence electrons. The molecule has 0 aliphatic carbocycles. The second-order valence-electron chi connectivity index (χ2n) is 6.47. The highest BCUT2D eigenvalue weighted by Gasteiger charge is 2.12. The van der Waals surface area contributed by atoms with Gasteiger partial charge < -0.3 is 14.2 Å². The van der Waals surface area contributed by atoms with Crippen LogP contribution in [-0.2, 0) is 6.61 Å². The van der Waals surface area contributed by atoms with Crippen molar-refractivity contribution in [2.24, 2.45) is 0 Å². The van der Waals surface area contributed by atoms with Crippen LogP contribution >= 0.6 is 31.9 Å². The number of halogens is 3. The van der Waals surface area contributed by atoms with Gasteiger partial charge in [0.2, 0.25) is 0 Å². The Morgan fingerprint density at radius 1 is 0.968 bits per heavy atom. The number of allylic oxidation sites excluding steroid dienone is 1. The zero-order valence-electron chi connectivity index (χ0n) is 16.8. The van der Waals surface area contributed by atoms with Gasteiger partial charge in [-0.25, -0.2) is 4.39 Å². The Labute approximate surface area is 197 Å². The average molecular weight is 547 g/mol. The van der Waals surface area contributed by atoms with Crippen molar-refractivity contribution in [3.63, 3.8) is 0 Å². The normalized spacial score (nSPS) is 11.0. The maximum atomic E-state index is 13.1. The molecule has 4 nitrogen and oxygen atoms in total. The summed E-state index contributed by atoms with van der Waals surface area (Å²) in [6.07, 6.45) is 1.78. The van der Waals surface area contributed by atoms with Gasteiger partial charge in [0.15, 0.2) is 11.5 Å². The molecule has 0 radical (unpaired) electrons. The number of benzene rings is 3.